The van der Waals surface area contributed by atoms with Gasteiger partial charge in [0.1, 0.15) is 0 Å². The molecule has 1 heterocycles. The summed E-state index contributed by atoms with van der Waals surface area (Å²) in [6.07, 6.45) is 2.70. The lowest BCUT2D eigenvalue weighted by Crippen LogP contribution is -2.31. The normalized spacial score (nSPS) is 15.0. The van der Waals surface area contributed by atoms with Gasteiger partial charge in [-0.1, -0.05) is 30.3 Å². The van der Waals surface area contributed by atoms with Crippen LogP contribution in [0.2, 0.25) is 0 Å². The number of guanidine groups is 1. The standard InChI is InChI=1S/C16H19N5OS.CH2O2/c17-15(18)21-16-20-13-11(7-4-8-12(13)23-16)14(22)19-9-10-5-2-1-3-6-10;2-1-3/h1-3,5-6,11H,4,7-9H2,(H,19,22)(H4,17,18,20,21);1H,(H,2,3). The number of hydrogen-bond acceptors (Lipinski definition) is 5. The molecule has 0 spiro atoms. The summed E-state index contributed by atoms with van der Waals surface area (Å²) >= 11 is 1.48. The summed E-state index contributed by atoms with van der Waals surface area (Å²) in [6.45, 7) is 0.272. The molecule has 8 nitrogen and oxygen atoms in total. The van der Waals surface area contributed by atoms with Crippen LogP contribution in [0.25, 0.3) is 0 Å². The van der Waals surface area contributed by atoms with Crippen LogP contribution in [0.4, 0.5) is 5.13 Å². The van der Waals surface area contributed by atoms with Crippen molar-refractivity contribution < 1.29 is 14.7 Å². The van der Waals surface area contributed by atoms with Gasteiger partial charge in [0.15, 0.2) is 11.1 Å². The number of aryl methyl sites for hydroxylation is 1. The van der Waals surface area contributed by atoms with Crippen LogP contribution in [0, 0.1) is 5.41 Å². The van der Waals surface area contributed by atoms with E-state index in [9.17, 15) is 4.79 Å². The third-order valence-corrected chi connectivity index (χ3v) is 4.87. The largest absolute Gasteiger partial charge is 0.483 e. The molecule has 1 aromatic carbocycles. The monoisotopic (exact) mass is 375 g/mol. The van der Waals surface area contributed by atoms with Crippen LogP contribution < -0.4 is 16.4 Å². The minimum absolute atomic E-state index is 0.00878. The van der Waals surface area contributed by atoms with Gasteiger partial charge in [-0.15, -0.1) is 11.3 Å². The number of amides is 1. The quantitative estimate of drug-likeness (QED) is 0.314. The maximum atomic E-state index is 12.5. The minimum atomic E-state index is -0.250. The van der Waals surface area contributed by atoms with Crippen molar-refractivity contribution >= 4 is 34.8 Å². The Labute approximate surface area is 155 Å². The molecular formula is C17H21N5O3S. The van der Waals surface area contributed by atoms with E-state index in [1.807, 2.05) is 30.3 Å². The van der Waals surface area contributed by atoms with Crippen molar-refractivity contribution in [3.8, 4) is 0 Å². The highest BCUT2D eigenvalue weighted by atomic mass is 32.1. The highest BCUT2D eigenvalue weighted by Crippen LogP contribution is 2.36. The average Bonchev–Trinajstić information content (AvgIpc) is 3.02. The van der Waals surface area contributed by atoms with Crippen molar-refractivity contribution in [3.05, 3.63) is 46.5 Å². The first-order valence-electron chi connectivity index (χ1n) is 8.05. The molecule has 1 aliphatic rings. The highest BCUT2D eigenvalue weighted by Gasteiger charge is 2.30. The van der Waals surface area contributed by atoms with Crippen molar-refractivity contribution in [3.63, 3.8) is 0 Å². The zero-order chi connectivity index (χ0) is 18.9. The molecule has 1 amide bonds. The van der Waals surface area contributed by atoms with Crippen LogP contribution in [-0.2, 0) is 22.6 Å². The van der Waals surface area contributed by atoms with Crippen molar-refractivity contribution in [2.75, 3.05) is 5.32 Å². The van der Waals surface area contributed by atoms with Crippen LogP contribution in [0.15, 0.2) is 30.3 Å². The molecule has 2 aromatic rings. The van der Waals surface area contributed by atoms with E-state index in [0.717, 1.165) is 35.4 Å². The van der Waals surface area contributed by atoms with Gasteiger partial charge in [-0.3, -0.25) is 15.0 Å². The van der Waals surface area contributed by atoms with Crippen molar-refractivity contribution in [1.82, 2.24) is 10.3 Å². The van der Waals surface area contributed by atoms with Gasteiger partial charge in [-0.2, -0.15) is 0 Å². The van der Waals surface area contributed by atoms with Gasteiger partial charge in [0, 0.05) is 11.4 Å². The molecule has 0 bridgehead atoms. The fourth-order valence-corrected chi connectivity index (χ4v) is 3.83. The second-order valence-corrected chi connectivity index (χ2v) is 6.70. The molecule has 6 N–H and O–H groups in total. The lowest BCUT2D eigenvalue weighted by Gasteiger charge is -2.20. The first kappa shape index (κ1) is 19.4. The Morgan fingerprint density at radius 2 is 2.12 bits per heavy atom. The number of anilines is 1. The van der Waals surface area contributed by atoms with E-state index >= 15 is 0 Å². The Balaban J connectivity index is 0.000000758. The Morgan fingerprint density at radius 1 is 1.42 bits per heavy atom. The van der Waals surface area contributed by atoms with Gasteiger partial charge in [0.2, 0.25) is 5.91 Å². The Morgan fingerprint density at radius 3 is 2.77 bits per heavy atom. The summed E-state index contributed by atoms with van der Waals surface area (Å²) in [4.78, 5) is 26.5. The number of benzene rings is 1. The number of carboxylic acid groups (broad SMARTS) is 1. The zero-order valence-corrected chi connectivity index (χ0v) is 14.9. The molecule has 0 aliphatic heterocycles. The van der Waals surface area contributed by atoms with E-state index in [2.05, 4.69) is 15.6 Å². The van der Waals surface area contributed by atoms with Gasteiger partial charge in [-0.05, 0) is 24.8 Å². The molecule has 1 aromatic heterocycles. The number of aromatic nitrogens is 1. The zero-order valence-electron chi connectivity index (χ0n) is 14.1. The van der Waals surface area contributed by atoms with Crippen LogP contribution in [-0.4, -0.2) is 28.4 Å². The smallest absolute Gasteiger partial charge is 0.290 e. The third-order valence-electron chi connectivity index (χ3n) is 3.82. The fraction of sp³-hybridized carbons (Fsp3) is 0.294. The molecule has 26 heavy (non-hydrogen) atoms. The molecule has 1 unspecified atom stereocenters. The number of carbonyl (C=O) groups excluding carboxylic acids is 1. The first-order valence-corrected chi connectivity index (χ1v) is 8.87. The highest BCUT2D eigenvalue weighted by molar-refractivity contribution is 7.15. The maximum Gasteiger partial charge on any atom is 0.290 e. The van der Waals surface area contributed by atoms with Gasteiger partial charge < -0.3 is 21.5 Å². The van der Waals surface area contributed by atoms with E-state index in [0.29, 0.717) is 11.7 Å². The number of nitrogens with one attached hydrogen (secondary N) is 3. The van der Waals surface area contributed by atoms with E-state index < -0.39 is 0 Å². The van der Waals surface area contributed by atoms with Crippen LogP contribution in [0.5, 0.6) is 0 Å². The number of rotatable bonds is 4. The molecule has 0 saturated heterocycles. The summed E-state index contributed by atoms with van der Waals surface area (Å²) in [5.41, 5.74) is 7.26. The number of nitrogens with two attached hydrogens (primary N) is 1. The predicted molar refractivity (Wildman–Crippen MR) is 100 cm³/mol. The molecular weight excluding hydrogens is 354 g/mol. The van der Waals surface area contributed by atoms with Gasteiger partial charge >= 0.3 is 0 Å². The molecule has 9 heteroatoms. The number of nitrogens with zero attached hydrogens (tertiary/aromatic N) is 1. The SMILES string of the molecule is N=C(N)Nc1nc2c(s1)CCCC2C(=O)NCc1ccccc1.O=CO. The number of fused-ring (bicyclic) bond motifs is 1. The molecule has 0 radical (unpaired) electrons. The summed E-state index contributed by atoms with van der Waals surface area (Å²) in [7, 11) is 0. The topological polar surface area (TPSA) is 141 Å². The van der Waals surface area contributed by atoms with Gasteiger partial charge in [0.25, 0.3) is 6.47 Å². The van der Waals surface area contributed by atoms with Crippen molar-refractivity contribution in [2.45, 2.75) is 31.7 Å². The van der Waals surface area contributed by atoms with Crippen molar-refractivity contribution in [1.29, 1.82) is 5.41 Å². The summed E-state index contributed by atoms with van der Waals surface area (Å²) in [5.74, 6) is -0.350. The first-order chi connectivity index (χ1) is 12.5. The van der Waals surface area contributed by atoms with Crippen LogP contribution >= 0.6 is 11.3 Å². The number of carbonyl (C=O) groups is 2. The third kappa shape index (κ3) is 5.28. The predicted octanol–water partition coefficient (Wildman–Crippen LogP) is 1.89. The lowest BCUT2D eigenvalue weighted by molar-refractivity contribution is -0.123. The molecule has 3 rings (SSSR count). The fourth-order valence-electron chi connectivity index (χ4n) is 2.75. The van der Waals surface area contributed by atoms with E-state index in [4.69, 9.17) is 21.0 Å². The minimum Gasteiger partial charge on any atom is -0.483 e. The molecule has 1 atom stereocenters. The second-order valence-electron chi connectivity index (χ2n) is 5.62. The molecule has 0 fully saturated rings. The van der Waals surface area contributed by atoms with Crippen LogP contribution in [0.3, 0.4) is 0 Å². The summed E-state index contributed by atoms with van der Waals surface area (Å²) < 4.78 is 0. The number of hydrogen-bond donors (Lipinski definition) is 5. The molecule has 1 aliphatic carbocycles. The van der Waals surface area contributed by atoms with Crippen LogP contribution in [0.1, 0.15) is 34.9 Å². The lowest BCUT2D eigenvalue weighted by atomic mass is 9.90. The molecule has 138 valence electrons. The Hall–Kier alpha value is -2.94. The summed E-state index contributed by atoms with van der Waals surface area (Å²) in [6, 6.07) is 9.85. The van der Waals surface area contributed by atoms with Crippen molar-refractivity contribution in [2.24, 2.45) is 5.73 Å². The van der Waals surface area contributed by atoms with E-state index in [1.54, 1.807) is 0 Å². The van der Waals surface area contributed by atoms with Gasteiger partial charge in [0.05, 0.1) is 11.6 Å². The Kier molecular flexibility index (Phi) is 7.10. The Bertz CT molecular complexity index is 763. The summed E-state index contributed by atoms with van der Waals surface area (Å²) in [5, 5.41) is 20.5. The second kappa shape index (κ2) is 9.52. The number of thiazole rings is 1. The van der Waals surface area contributed by atoms with E-state index in [-0.39, 0.29) is 24.3 Å². The maximum absolute atomic E-state index is 12.5. The molecule has 0 saturated carbocycles. The average molecular weight is 375 g/mol. The van der Waals surface area contributed by atoms with E-state index in [1.165, 1.54) is 11.3 Å². The van der Waals surface area contributed by atoms with Gasteiger partial charge in [-0.25, -0.2) is 4.98 Å².